The maximum Gasteiger partial charge on any atom is 0.224 e. The SMILES string of the molecule is COc1ccccc1CNC(=O)[C@H]1C[C@@H](O)[C@H](O)[C@@H]2N=C(Nc3ccc(-n4cccn4)cc3)S[C@@H]21. The van der Waals surface area contributed by atoms with Crippen LogP contribution in [0.25, 0.3) is 5.69 Å². The molecule has 1 aliphatic carbocycles. The van der Waals surface area contributed by atoms with E-state index in [1.54, 1.807) is 18.0 Å². The van der Waals surface area contributed by atoms with Gasteiger partial charge < -0.3 is 25.6 Å². The lowest BCUT2D eigenvalue weighted by molar-refractivity contribution is -0.129. The number of aliphatic hydroxyl groups is 2. The number of hydrogen-bond acceptors (Lipinski definition) is 8. The number of thioether (sulfide) groups is 1. The number of carbonyl (C=O) groups is 1. The molecule has 0 spiro atoms. The molecule has 35 heavy (non-hydrogen) atoms. The highest BCUT2D eigenvalue weighted by Crippen LogP contribution is 2.41. The third-order valence-corrected chi connectivity index (χ3v) is 7.67. The molecule has 2 heterocycles. The Morgan fingerprint density at radius 2 is 1.97 bits per heavy atom. The van der Waals surface area contributed by atoms with E-state index < -0.39 is 24.2 Å². The van der Waals surface area contributed by atoms with Crippen LogP contribution in [-0.4, -0.2) is 61.7 Å². The molecule has 10 heteroatoms. The number of anilines is 1. The summed E-state index contributed by atoms with van der Waals surface area (Å²) in [6.07, 6.45) is 1.73. The van der Waals surface area contributed by atoms with E-state index in [1.165, 1.54) is 11.8 Å². The molecule has 0 radical (unpaired) electrons. The number of ether oxygens (including phenoxy) is 1. The second-order valence-electron chi connectivity index (χ2n) is 8.56. The van der Waals surface area contributed by atoms with Crippen molar-refractivity contribution in [1.82, 2.24) is 15.1 Å². The maximum atomic E-state index is 13.1. The topological polar surface area (TPSA) is 121 Å². The summed E-state index contributed by atoms with van der Waals surface area (Å²) < 4.78 is 7.13. The molecule has 3 aromatic rings. The molecule has 5 rings (SSSR count). The number of benzene rings is 2. The molecule has 1 aliphatic heterocycles. The van der Waals surface area contributed by atoms with Crippen LogP contribution in [-0.2, 0) is 11.3 Å². The zero-order valence-electron chi connectivity index (χ0n) is 19.1. The largest absolute Gasteiger partial charge is 0.496 e. The number of nitrogens with zero attached hydrogens (tertiary/aromatic N) is 3. The Hall–Kier alpha value is -3.34. The van der Waals surface area contributed by atoms with Crippen molar-refractivity contribution in [1.29, 1.82) is 0 Å². The van der Waals surface area contributed by atoms with Crippen molar-refractivity contribution in [2.24, 2.45) is 10.9 Å². The average Bonchev–Trinajstić information content (AvgIpc) is 3.56. The number of aliphatic hydroxyl groups excluding tert-OH is 2. The van der Waals surface area contributed by atoms with E-state index >= 15 is 0 Å². The highest BCUT2D eigenvalue weighted by Gasteiger charge is 2.50. The first kappa shape index (κ1) is 23.4. The van der Waals surface area contributed by atoms with Crippen LogP contribution in [0.15, 0.2) is 72.0 Å². The number of amidine groups is 1. The minimum absolute atomic E-state index is 0.175. The van der Waals surface area contributed by atoms with E-state index in [-0.39, 0.29) is 17.6 Å². The summed E-state index contributed by atoms with van der Waals surface area (Å²) >= 11 is 1.43. The highest BCUT2D eigenvalue weighted by atomic mass is 32.2. The molecule has 0 bridgehead atoms. The summed E-state index contributed by atoms with van der Waals surface area (Å²) in [4.78, 5) is 17.8. The van der Waals surface area contributed by atoms with E-state index in [9.17, 15) is 15.0 Å². The molecular weight excluding hydrogens is 466 g/mol. The van der Waals surface area contributed by atoms with Crippen molar-refractivity contribution in [3.8, 4) is 11.4 Å². The summed E-state index contributed by atoms with van der Waals surface area (Å²) in [6.45, 7) is 0.314. The first-order valence-electron chi connectivity index (χ1n) is 11.4. The maximum absolute atomic E-state index is 13.1. The number of nitrogens with one attached hydrogen (secondary N) is 2. The van der Waals surface area contributed by atoms with Gasteiger partial charge in [0.2, 0.25) is 5.91 Å². The Morgan fingerprint density at radius 3 is 2.71 bits per heavy atom. The van der Waals surface area contributed by atoms with Crippen LogP contribution in [0.5, 0.6) is 5.75 Å². The van der Waals surface area contributed by atoms with E-state index in [4.69, 9.17) is 4.74 Å². The van der Waals surface area contributed by atoms with Gasteiger partial charge in [-0.3, -0.25) is 9.79 Å². The van der Waals surface area contributed by atoms with Gasteiger partial charge in [0.1, 0.15) is 11.9 Å². The van der Waals surface area contributed by atoms with Gasteiger partial charge in [-0.05, 0) is 42.8 Å². The normalized spacial score (nSPS) is 25.5. The Labute approximate surface area is 207 Å². The zero-order valence-corrected chi connectivity index (χ0v) is 19.9. The molecule has 0 unspecified atom stereocenters. The van der Waals surface area contributed by atoms with Crippen molar-refractivity contribution in [3.63, 3.8) is 0 Å². The second kappa shape index (κ2) is 10.1. The molecule has 1 fully saturated rings. The van der Waals surface area contributed by atoms with Crippen molar-refractivity contribution >= 4 is 28.5 Å². The van der Waals surface area contributed by atoms with Gasteiger partial charge in [0.05, 0.1) is 30.9 Å². The minimum atomic E-state index is -1.02. The predicted octanol–water partition coefficient (Wildman–Crippen LogP) is 2.19. The number of amides is 1. The Morgan fingerprint density at radius 1 is 1.17 bits per heavy atom. The van der Waals surface area contributed by atoms with Gasteiger partial charge >= 0.3 is 0 Å². The van der Waals surface area contributed by atoms with Gasteiger partial charge in [-0.15, -0.1) is 0 Å². The van der Waals surface area contributed by atoms with Crippen molar-refractivity contribution in [3.05, 3.63) is 72.6 Å². The van der Waals surface area contributed by atoms with Crippen LogP contribution in [0.2, 0.25) is 0 Å². The van der Waals surface area contributed by atoms with Crippen LogP contribution >= 0.6 is 11.8 Å². The van der Waals surface area contributed by atoms with Crippen LogP contribution in [0, 0.1) is 5.92 Å². The molecular formula is C25H27N5O4S. The molecule has 0 saturated heterocycles. The van der Waals surface area contributed by atoms with E-state index in [0.29, 0.717) is 17.5 Å². The number of hydrogen-bond donors (Lipinski definition) is 4. The number of carbonyl (C=O) groups excluding carboxylic acids is 1. The third-order valence-electron chi connectivity index (χ3n) is 6.36. The summed E-state index contributed by atoms with van der Waals surface area (Å²) in [6, 6.07) is 16.5. The Balaban J connectivity index is 1.26. The lowest BCUT2D eigenvalue weighted by Gasteiger charge is -2.37. The Bertz CT molecular complexity index is 1200. The van der Waals surface area contributed by atoms with E-state index in [2.05, 4.69) is 20.7 Å². The number of rotatable bonds is 6. The van der Waals surface area contributed by atoms with Gasteiger partial charge in [0.15, 0.2) is 5.17 Å². The quantitative estimate of drug-likeness (QED) is 0.415. The smallest absolute Gasteiger partial charge is 0.224 e. The molecule has 1 saturated carbocycles. The molecule has 182 valence electrons. The summed E-state index contributed by atoms with van der Waals surface area (Å²) in [5.74, 6) is 0.0288. The minimum Gasteiger partial charge on any atom is -0.496 e. The average molecular weight is 494 g/mol. The molecule has 2 aliphatic rings. The fourth-order valence-corrected chi connectivity index (χ4v) is 5.89. The number of aromatic nitrogens is 2. The highest BCUT2D eigenvalue weighted by molar-refractivity contribution is 8.15. The monoisotopic (exact) mass is 493 g/mol. The summed E-state index contributed by atoms with van der Waals surface area (Å²) in [5.41, 5.74) is 2.63. The molecule has 1 aromatic heterocycles. The molecule has 1 amide bonds. The zero-order chi connectivity index (χ0) is 24.4. The number of para-hydroxylation sites is 1. The summed E-state index contributed by atoms with van der Waals surface area (Å²) in [5, 5.41) is 31.9. The lowest BCUT2D eigenvalue weighted by atomic mass is 9.81. The van der Waals surface area contributed by atoms with Crippen LogP contribution < -0.4 is 15.4 Å². The van der Waals surface area contributed by atoms with Gasteiger partial charge in [-0.25, -0.2) is 4.68 Å². The molecule has 4 N–H and O–H groups in total. The molecule has 5 atom stereocenters. The predicted molar refractivity (Wildman–Crippen MR) is 135 cm³/mol. The lowest BCUT2D eigenvalue weighted by Crippen LogP contribution is -2.53. The number of fused-ring (bicyclic) bond motifs is 1. The fraction of sp³-hybridized carbons (Fsp3) is 0.320. The molecule has 9 nitrogen and oxygen atoms in total. The van der Waals surface area contributed by atoms with E-state index in [0.717, 1.165) is 16.9 Å². The second-order valence-corrected chi connectivity index (χ2v) is 9.73. The number of aliphatic imine (C=N–C) groups is 1. The molecule has 2 aromatic carbocycles. The van der Waals surface area contributed by atoms with Gasteiger partial charge in [-0.2, -0.15) is 5.10 Å². The standard InChI is InChI=1S/C25H27N5O4S/c1-34-20-6-3-2-5-15(20)14-26-24(33)18-13-19(31)22(32)21-23(18)35-25(29-21)28-16-7-9-17(10-8-16)30-12-4-11-27-30/h2-12,18-19,21-23,31-32H,13-14H2,1H3,(H,26,33)(H,28,29)/t18-,19+,21-,22-,23+/m0/s1. The van der Waals surface area contributed by atoms with Crippen molar-refractivity contribution in [2.45, 2.75) is 36.5 Å². The first-order chi connectivity index (χ1) is 17.0. The van der Waals surface area contributed by atoms with Crippen molar-refractivity contribution < 1.29 is 19.7 Å². The van der Waals surface area contributed by atoms with Crippen LogP contribution in [0.3, 0.4) is 0 Å². The Kier molecular flexibility index (Phi) is 6.76. The van der Waals surface area contributed by atoms with Crippen LogP contribution in [0.4, 0.5) is 5.69 Å². The van der Waals surface area contributed by atoms with E-state index in [1.807, 2.05) is 60.8 Å². The fourth-order valence-electron chi connectivity index (χ4n) is 4.51. The van der Waals surface area contributed by atoms with Crippen molar-refractivity contribution in [2.75, 3.05) is 12.4 Å². The summed E-state index contributed by atoms with van der Waals surface area (Å²) in [7, 11) is 1.59. The third kappa shape index (κ3) is 4.90. The van der Waals surface area contributed by atoms with Crippen LogP contribution in [0.1, 0.15) is 12.0 Å². The number of methoxy groups -OCH3 is 1. The van der Waals surface area contributed by atoms with Gasteiger partial charge in [0, 0.05) is 35.4 Å². The van der Waals surface area contributed by atoms with Gasteiger partial charge in [0.25, 0.3) is 0 Å². The first-order valence-corrected chi connectivity index (χ1v) is 12.3. The van der Waals surface area contributed by atoms with Gasteiger partial charge in [-0.1, -0.05) is 30.0 Å².